The maximum Gasteiger partial charge on any atom is 0.261 e. The molecular weight excluding hydrogens is 440 g/mol. The number of carbonyl (C=O) groups is 1. The van der Waals surface area contributed by atoms with Crippen LogP contribution in [0.25, 0.3) is 0 Å². The van der Waals surface area contributed by atoms with E-state index in [-0.39, 0.29) is 11.8 Å². The molecule has 2 N–H and O–H groups in total. The van der Waals surface area contributed by atoms with Gasteiger partial charge in [-0.25, -0.2) is 9.67 Å². The van der Waals surface area contributed by atoms with E-state index >= 15 is 0 Å². The smallest absolute Gasteiger partial charge is 0.261 e. The second-order valence-corrected chi connectivity index (χ2v) is 8.83. The molecule has 0 spiro atoms. The van der Waals surface area contributed by atoms with E-state index in [1.54, 1.807) is 6.21 Å². The summed E-state index contributed by atoms with van der Waals surface area (Å²) in [6, 6.07) is 8.06. The van der Waals surface area contributed by atoms with Crippen molar-refractivity contribution in [2.45, 2.75) is 40.3 Å². The van der Waals surface area contributed by atoms with Gasteiger partial charge >= 0.3 is 0 Å². The molecule has 0 saturated carbocycles. The van der Waals surface area contributed by atoms with Crippen molar-refractivity contribution in [1.29, 1.82) is 0 Å². The number of anilines is 1. The van der Waals surface area contributed by atoms with Crippen molar-refractivity contribution in [3.05, 3.63) is 65.4 Å². The molecular formula is C26H38N8O. The van der Waals surface area contributed by atoms with Crippen LogP contribution < -0.4 is 15.5 Å². The van der Waals surface area contributed by atoms with E-state index in [0.717, 1.165) is 42.2 Å². The molecule has 188 valence electrons. The summed E-state index contributed by atoms with van der Waals surface area (Å²) in [5.41, 5.74) is 4.43. The summed E-state index contributed by atoms with van der Waals surface area (Å²) >= 11 is 0. The Hall–Kier alpha value is -3.46. The molecule has 1 aromatic heterocycles. The minimum absolute atomic E-state index is 0.0492. The topological polar surface area (TPSA) is 90.7 Å². The molecule has 0 saturated heterocycles. The van der Waals surface area contributed by atoms with Crippen molar-refractivity contribution in [2.75, 3.05) is 38.6 Å². The van der Waals surface area contributed by atoms with E-state index in [1.165, 1.54) is 0 Å². The summed E-state index contributed by atoms with van der Waals surface area (Å²) in [6.45, 7) is 13.5. The molecule has 1 amide bonds. The van der Waals surface area contributed by atoms with Gasteiger partial charge in [0.1, 0.15) is 5.82 Å². The Kier molecular flexibility index (Phi) is 9.19. The lowest BCUT2D eigenvalue weighted by Gasteiger charge is -2.26. The molecule has 0 aliphatic carbocycles. The molecule has 1 aromatic carbocycles. The first-order valence-corrected chi connectivity index (χ1v) is 12.2. The van der Waals surface area contributed by atoms with Gasteiger partial charge in [0.25, 0.3) is 5.91 Å². The number of aromatic nitrogens is 3. The Labute approximate surface area is 208 Å². The van der Waals surface area contributed by atoms with E-state index in [4.69, 9.17) is 0 Å². The Morgan fingerprint density at radius 3 is 2.83 bits per heavy atom. The number of carbonyl (C=O) groups excluding carboxylic acids is 1. The number of nitrogens with one attached hydrogen (secondary N) is 2. The van der Waals surface area contributed by atoms with Crippen molar-refractivity contribution in [3.8, 4) is 0 Å². The third-order valence-corrected chi connectivity index (χ3v) is 6.14. The van der Waals surface area contributed by atoms with Gasteiger partial charge in [0.15, 0.2) is 0 Å². The van der Waals surface area contributed by atoms with Gasteiger partial charge in [0, 0.05) is 50.8 Å². The van der Waals surface area contributed by atoms with Crippen LogP contribution in [0, 0.1) is 5.92 Å². The summed E-state index contributed by atoms with van der Waals surface area (Å²) < 4.78 is 1.81. The number of aliphatic imine (C=N–C) groups is 1. The normalized spacial score (nSPS) is 15.6. The largest absolute Gasteiger partial charge is 0.375 e. The highest BCUT2D eigenvalue weighted by atomic mass is 16.2. The number of benzene rings is 1. The third-order valence-electron chi connectivity index (χ3n) is 6.14. The van der Waals surface area contributed by atoms with E-state index in [1.807, 2.05) is 47.9 Å². The van der Waals surface area contributed by atoms with Crippen LogP contribution in [0.4, 0.5) is 5.69 Å². The van der Waals surface area contributed by atoms with Gasteiger partial charge in [-0.3, -0.25) is 4.79 Å². The fraction of sp³-hybridized carbons (Fsp3) is 0.462. The summed E-state index contributed by atoms with van der Waals surface area (Å²) in [7, 11) is 3.93. The molecule has 9 nitrogen and oxygen atoms in total. The molecule has 0 fully saturated rings. The Bertz CT molecular complexity index is 1090. The molecule has 3 rings (SSSR count). The lowest BCUT2D eigenvalue weighted by atomic mass is 9.98. The molecule has 1 aliphatic rings. The number of rotatable bonds is 11. The molecule has 0 radical (unpaired) electrons. The quantitative estimate of drug-likeness (QED) is 0.483. The van der Waals surface area contributed by atoms with Gasteiger partial charge in [-0.2, -0.15) is 0 Å². The molecule has 1 atom stereocenters. The van der Waals surface area contributed by atoms with Crippen molar-refractivity contribution >= 4 is 17.8 Å². The molecule has 1 unspecified atom stereocenters. The number of hydrogen-bond acceptors (Lipinski definition) is 7. The second kappa shape index (κ2) is 12.3. The maximum absolute atomic E-state index is 13.9. The Morgan fingerprint density at radius 1 is 1.31 bits per heavy atom. The summed E-state index contributed by atoms with van der Waals surface area (Å²) in [4.78, 5) is 22.4. The zero-order valence-electron chi connectivity index (χ0n) is 21.6. The molecule has 2 heterocycles. The predicted molar refractivity (Wildman–Crippen MR) is 141 cm³/mol. The first-order chi connectivity index (χ1) is 16.9. The highest BCUT2D eigenvalue weighted by Crippen LogP contribution is 2.28. The van der Waals surface area contributed by atoms with E-state index in [9.17, 15) is 4.79 Å². The SMILES string of the molecule is C=C(/N=C\C1=C(C(C)CC)N(C)CCN(c2cccc(Cn3cc(CNC)nn3)c2)C1=O)NCC. The zero-order valence-corrected chi connectivity index (χ0v) is 21.6. The van der Waals surface area contributed by atoms with Gasteiger partial charge < -0.3 is 20.4 Å². The van der Waals surface area contributed by atoms with Crippen LogP contribution in [0.15, 0.2) is 59.1 Å². The van der Waals surface area contributed by atoms with Crippen molar-refractivity contribution in [2.24, 2.45) is 10.9 Å². The van der Waals surface area contributed by atoms with Crippen LogP contribution >= 0.6 is 0 Å². The Morgan fingerprint density at radius 2 is 2.11 bits per heavy atom. The third kappa shape index (κ3) is 6.57. The van der Waals surface area contributed by atoms with Crippen LogP contribution in [-0.2, 0) is 17.9 Å². The summed E-state index contributed by atoms with van der Waals surface area (Å²) in [6.07, 6.45) is 4.54. The Balaban J connectivity index is 1.93. The van der Waals surface area contributed by atoms with E-state index < -0.39 is 0 Å². The zero-order chi connectivity index (χ0) is 25.4. The highest BCUT2D eigenvalue weighted by molar-refractivity contribution is 6.19. The van der Waals surface area contributed by atoms with Crippen LogP contribution in [-0.4, -0.2) is 65.7 Å². The minimum Gasteiger partial charge on any atom is -0.375 e. The van der Waals surface area contributed by atoms with Crippen LogP contribution in [0.1, 0.15) is 38.4 Å². The van der Waals surface area contributed by atoms with Crippen LogP contribution in [0.2, 0.25) is 0 Å². The highest BCUT2D eigenvalue weighted by Gasteiger charge is 2.29. The van der Waals surface area contributed by atoms with Crippen LogP contribution in [0.3, 0.4) is 0 Å². The van der Waals surface area contributed by atoms with Crippen molar-refractivity contribution in [1.82, 2.24) is 30.5 Å². The molecule has 9 heteroatoms. The number of likely N-dealkylation sites (N-methyl/N-ethyl adjacent to an activating group) is 1. The first-order valence-electron chi connectivity index (χ1n) is 12.2. The molecule has 1 aliphatic heterocycles. The maximum atomic E-state index is 13.9. The second-order valence-electron chi connectivity index (χ2n) is 8.83. The lowest BCUT2D eigenvalue weighted by molar-refractivity contribution is -0.114. The standard InChI is InChI=1S/C26H38N8O/c1-7-19(3)25-24(16-29-20(4)28-8-2)26(35)34(13-12-32(25)6)23-11-9-10-21(14-23)17-33-18-22(15-27-5)30-31-33/h9-11,14,16,18-19,27-28H,4,7-8,12-13,15,17H2,1-3,5-6H3/b29-16-. The van der Waals surface area contributed by atoms with E-state index in [2.05, 4.69) is 64.4 Å². The monoisotopic (exact) mass is 478 g/mol. The van der Waals surface area contributed by atoms with Gasteiger partial charge in [-0.05, 0) is 44.0 Å². The number of amides is 1. The van der Waals surface area contributed by atoms with Gasteiger partial charge in [0.05, 0.1) is 24.0 Å². The fourth-order valence-corrected chi connectivity index (χ4v) is 4.22. The molecule has 35 heavy (non-hydrogen) atoms. The van der Waals surface area contributed by atoms with Crippen molar-refractivity contribution in [3.63, 3.8) is 0 Å². The number of allylic oxidation sites excluding steroid dienone is 1. The summed E-state index contributed by atoms with van der Waals surface area (Å²) in [5, 5.41) is 14.6. The van der Waals surface area contributed by atoms with Gasteiger partial charge in [-0.1, -0.05) is 37.8 Å². The number of nitrogens with zero attached hydrogens (tertiary/aromatic N) is 6. The lowest BCUT2D eigenvalue weighted by Crippen LogP contribution is -2.34. The minimum atomic E-state index is -0.0492. The molecule has 0 bridgehead atoms. The average molecular weight is 479 g/mol. The first kappa shape index (κ1) is 26.2. The predicted octanol–water partition coefficient (Wildman–Crippen LogP) is 2.78. The number of hydrogen-bond donors (Lipinski definition) is 2. The van der Waals surface area contributed by atoms with E-state index in [0.29, 0.717) is 31.0 Å². The average Bonchev–Trinajstić information content (AvgIpc) is 3.23. The van der Waals surface area contributed by atoms with Crippen molar-refractivity contribution < 1.29 is 4.79 Å². The van der Waals surface area contributed by atoms with Gasteiger partial charge in [-0.15, -0.1) is 5.10 Å². The summed E-state index contributed by atoms with van der Waals surface area (Å²) in [5.74, 6) is 0.720. The fourth-order valence-electron chi connectivity index (χ4n) is 4.22. The molecule has 2 aromatic rings. The van der Waals surface area contributed by atoms with Crippen LogP contribution in [0.5, 0.6) is 0 Å². The van der Waals surface area contributed by atoms with Gasteiger partial charge in [0.2, 0.25) is 0 Å².